The number of nitrogens with one attached hydrogen (secondary N) is 2. The predicted octanol–water partition coefficient (Wildman–Crippen LogP) is 3.25. The van der Waals surface area contributed by atoms with Gasteiger partial charge >= 0.3 is 6.03 Å². The molecule has 0 saturated heterocycles. The zero-order chi connectivity index (χ0) is 15.1. The van der Waals surface area contributed by atoms with Crippen LogP contribution in [0.5, 0.6) is 0 Å². The van der Waals surface area contributed by atoms with Crippen molar-refractivity contribution in [2.75, 3.05) is 7.05 Å². The van der Waals surface area contributed by atoms with Gasteiger partial charge in [-0.05, 0) is 18.4 Å². The number of hydrogen-bond acceptors (Lipinski definition) is 3. The molecule has 1 saturated carbocycles. The van der Waals surface area contributed by atoms with E-state index in [9.17, 15) is 9.59 Å². The second kappa shape index (κ2) is 8.08. The molecule has 0 radical (unpaired) electrons. The van der Waals surface area contributed by atoms with E-state index in [4.69, 9.17) is 0 Å². The first-order chi connectivity index (χ1) is 10.2. The van der Waals surface area contributed by atoms with Crippen molar-refractivity contribution in [3.8, 4) is 0 Å². The molecule has 1 aromatic carbocycles. The number of rotatable bonds is 4. The maximum atomic E-state index is 12.4. The highest BCUT2D eigenvalue weighted by molar-refractivity contribution is 8.00. The summed E-state index contributed by atoms with van der Waals surface area (Å²) in [5, 5.41) is 5.01. The molecular formula is C16H22N2O2S. The Balaban J connectivity index is 2.09. The van der Waals surface area contributed by atoms with Crippen LogP contribution in [-0.2, 0) is 4.79 Å². The van der Waals surface area contributed by atoms with Crippen LogP contribution in [0, 0.1) is 0 Å². The van der Waals surface area contributed by atoms with E-state index in [1.54, 1.807) is 11.8 Å². The maximum absolute atomic E-state index is 12.4. The molecule has 0 spiro atoms. The lowest BCUT2D eigenvalue weighted by atomic mass is 10.0. The predicted molar refractivity (Wildman–Crippen MR) is 86.2 cm³/mol. The molecule has 1 atom stereocenters. The first-order valence-corrected chi connectivity index (χ1v) is 8.38. The summed E-state index contributed by atoms with van der Waals surface area (Å²) in [7, 11) is 1.51. The third-order valence-electron chi connectivity index (χ3n) is 3.68. The van der Waals surface area contributed by atoms with Crippen molar-refractivity contribution in [1.82, 2.24) is 10.6 Å². The molecular weight excluding hydrogens is 284 g/mol. The van der Waals surface area contributed by atoms with Crippen molar-refractivity contribution in [3.63, 3.8) is 0 Å². The number of carbonyl (C=O) groups is 2. The van der Waals surface area contributed by atoms with E-state index in [0.717, 1.165) is 18.4 Å². The Hall–Kier alpha value is -1.49. The van der Waals surface area contributed by atoms with Crippen LogP contribution in [0.4, 0.5) is 4.79 Å². The van der Waals surface area contributed by atoms with E-state index >= 15 is 0 Å². The van der Waals surface area contributed by atoms with Gasteiger partial charge in [-0.15, -0.1) is 11.8 Å². The van der Waals surface area contributed by atoms with Gasteiger partial charge in [0, 0.05) is 12.3 Å². The highest BCUT2D eigenvalue weighted by atomic mass is 32.2. The summed E-state index contributed by atoms with van der Waals surface area (Å²) in [5.41, 5.74) is 0.953. The smallest absolute Gasteiger partial charge is 0.321 e. The van der Waals surface area contributed by atoms with E-state index in [-0.39, 0.29) is 11.2 Å². The fourth-order valence-corrected chi connectivity index (χ4v) is 4.04. The molecule has 2 rings (SSSR count). The fraction of sp³-hybridized carbons (Fsp3) is 0.500. The summed E-state index contributed by atoms with van der Waals surface area (Å²) in [6.45, 7) is 0. The third kappa shape index (κ3) is 4.77. The molecule has 114 valence electrons. The number of thioether (sulfide) groups is 1. The molecule has 1 aliphatic carbocycles. The third-order valence-corrected chi connectivity index (χ3v) is 5.30. The molecule has 5 heteroatoms. The molecule has 1 aliphatic rings. The van der Waals surface area contributed by atoms with Crippen LogP contribution < -0.4 is 10.6 Å². The molecule has 1 aromatic rings. The van der Waals surface area contributed by atoms with Gasteiger partial charge in [-0.2, -0.15) is 0 Å². The molecule has 0 bridgehead atoms. The number of amides is 3. The molecule has 21 heavy (non-hydrogen) atoms. The van der Waals surface area contributed by atoms with Crippen LogP contribution in [0.25, 0.3) is 0 Å². The lowest BCUT2D eigenvalue weighted by Crippen LogP contribution is -2.39. The van der Waals surface area contributed by atoms with Crippen molar-refractivity contribution in [3.05, 3.63) is 35.9 Å². The minimum atomic E-state index is -0.454. The van der Waals surface area contributed by atoms with E-state index in [0.29, 0.717) is 5.25 Å². The normalized spacial score (nSPS) is 17.0. The second-order valence-electron chi connectivity index (χ2n) is 5.26. The Labute approximate surface area is 130 Å². The summed E-state index contributed by atoms with van der Waals surface area (Å²) in [5.74, 6) is -0.240. The van der Waals surface area contributed by atoms with Crippen molar-refractivity contribution in [2.24, 2.45) is 0 Å². The van der Waals surface area contributed by atoms with Crippen LogP contribution in [0.15, 0.2) is 30.3 Å². The SMILES string of the molecule is CNC(=O)NC(=O)[C@H](SC1CCCCC1)c1ccccc1. The summed E-state index contributed by atoms with van der Waals surface area (Å²) >= 11 is 1.69. The van der Waals surface area contributed by atoms with Gasteiger partial charge in [0.25, 0.3) is 0 Å². The zero-order valence-electron chi connectivity index (χ0n) is 12.3. The first-order valence-electron chi connectivity index (χ1n) is 7.43. The minimum Gasteiger partial charge on any atom is -0.341 e. The second-order valence-corrected chi connectivity index (χ2v) is 6.67. The van der Waals surface area contributed by atoms with Gasteiger partial charge in [0.15, 0.2) is 0 Å². The Bertz CT molecular complexity index is 472. The van der Waals surface area contributed by atoms with E-state index < -0.39 is 6.03 Å². The van der Waals surface area contributed by atoms with Crippen molar-refractivity contribution in [2.45, 2.75) is 42.6 Å². The van der Waals surface area contributed by atoms with Gasteiger partial charge in [-0.3, -0.25) is 10.1 Å². The molecule has 0 aliphatic heterocycles. The molecule has 0 unspecified atom stereocenters. The van der Waals surface area contributed by atoms with E-state index in [1.165, 1.54) is 26.3 Å². The van der Waals surface area contributed by atoms with E-state index in [1.807, 2.05) is 30.3 Å². The Morgan fingerprint density at radius 1 is 1.14 bits per heavy atom. The maximum Gasteiger partial charge on any atom is 0.321 e. The van der Waals surface area contributed by atoms with Crippen LogP contribution in [-0.4, -0.2) is 24.2 Å². The summed E-state index contributed by atoms with van der Waals surface area (Å²) in [6.07, 6.45) is 6.06. The number of benzene rings is 1. The zero-order valence-corrected chi connectivity index (χ0v) is 13.1. The average molecular weight is 306 g/mol. The van der Waals surface area contributed by atoms with Crippen molar-refractivity contribution < 1.29 is 9.59 Å². The van der Waals surface area contributed by atoms with Gasteiger partial charge in [-0.1, -0.05) is 49.6 Å². The molecule has 1 fully saturated rings. The highest BCUT2D eigenvalue weighted by Gasteiger charge is 2.27. The average Bonchev–Trinajstić information content (AvgIpc) is 2.54. The molecule has 2 N–H and O–H groups in total. The van der Waals surface area contributed by atoms with Gasteiger partial charge in [-0.25, -0.2) is 4.79 Å². The Kier molecular flexibility index (Phi) is 6.11. The fourth-order valence-electron chi connectivity index (χ4n) is 2.55. The minimum absolute atomic E-state index is 0.240. The van der Waals surface area contributed by atoms with Crippen LogP contribution in [0.3, 0.4) is 0 Å². The number of urea groups is 1. The number of imide groups is 1. The van der Waals surface area contributed by atoms with Gasteiger partial charge in [0.05, 0.1) is 0 Å². The Morgan fingerprint density at radius 3 is 2.43 bits per heavy atom. The standard InChI is InChI=1S/C16H22N2O2S/c1-17-16(20)18-15(19)14(12-8-4-2-5-9-12)21-13-10-6-3-7-11-13/h2,4-5,8-9,13-14H,3,6-7,10-11H2,1H3,(H2,17,18,19,20)/t14-/m1/s1. The van der Waals surface area contributed by atoms with Crippen molar-refractivity contribution in [1.29, 1.82) is 0 Å². The number of hydrogen-bond donors (Lipinski definition) is 2. The molecule has 0 heterocycles. The molecule has 0 aromatic heterocycles. The van der Waals surface area contributed by atoms with E-state index in [2.05, 4.69) is 10.6 Å². The molecule has 4 nitrogen and oxygen atoms in total. The summed E-state index contributed by atoms with van der Waals surface area (Å²) in [4.78, 5) is 23.8. The first kappa shape index (κ1) is 15.9. The Morgan fingerprint density at radius 2 is 1.81 bits per heavy atom. The number of carbonyl (C=O) groups excluding carboxylic acids is 2. The molecule has 3 amide bonds. The highest BCUT2D eigenvalue weighted by Crippen LogP contribution is 2.38. The van der Waals surface area contributed by atoms with Gasteiger partial charge in [0.2, 0.25) is 5.91 Å². The quantitative estimate of drug-likeness (QED) is 0.897. The van der Waals surface area contributed by atoms with Crippen LogP contribution in [0.1, 0.15) is 42.9 Å². The van der Waals surface area contributed by atoms with Gasteiger partial charge in [0.1, 0.15) is 5.25 Å². The largest absolute Gasteiger partial charge is 0.341 e. The van der Waals surface area contributed by atoms with Crippen LogP contribution in [0.2, 0.25) is 0 Å². The van der Waals surface area contributed by atoms with Crippen molar-refractivity contribution >= 4 is 23.7 Å². The topological polar surface area (TPSA) is 58.2 Å². The summed E-state index contributed by atoms with van der Waals surface area (Å²) < 4.78 is 0. The lowest BCUT2D eigenvalue weighted by Gasteiger charge is -2.25. The van der Waals surface area contributed by atoms with Crippen LogP contribution >= 0.6 is 11.8 Å². The lowest BCUT2D eigenvalue weighted by molar-refractivity contribution is -0.119. The summed E-state index contributed by atoms with van der Waals surface area (Å²) in [6, 6.07) is 9.23. The van der Waals surface area contributed by atoms with Gasteiger partial charge < -0.3 is 5.32 Å². The monoisotopic (exact) mass is 306 g/mol.